The van der Waals surface area contributed by atoms with Gasteiger partial charge in [0.05, 0.1) is 0 Å². The molecular weight excluding hydrogens is 312 g/mol. The molecule has 2 aromatic heterocycles. The minimum atomic E-state index is 0.131. The smallest absolute Gasteiger partial charge is 0.200 e. The number of fused-ring (bicyclic) bond motifs is 1. The summed E-state index contributed by atoms with van der Waals surface area (Å²) < 4.78 is 1.43. The van der Waals surface area contributed by atoms with E-state index in [0.29, 0.717) is 5.65 Å². The Labute approximate surface area is 145 Å². The number of aromatic nitrogens is 5. The van der Waals surface area contributed by atoms with Gasteiger partial charge in [0.1, 0.15) is 5.82 Å². The van der Waals surface area contributed by atoms with Crippen LogP contribution >= 0.6 is 0 Å². The Morgan fingerprint density at radius 2 is 1.48 bits per heavy atom. The van der Waals surface area contributed by atoms with Gasteiger partial charge in [-0.15, -0.1) is 14.8 Å². The van der Waals surface area contributed by atoms with Crippen molar-refractivity contribution in [3.8, 4) is 0 Å². The van der Waals surface area contributed by atoms with Crippen molar-refractivity contribution in [2.45, 2.75) is 18.9 Å². The highest BCUT2D eigenvalue weighted by Crippen LogP contribution is 2.29. The molecule has 6 nitrogen and oxygen atoms in total. The van der Waals surface area contributed by atoms with Gasteiger partial charge in [-0.1, -0.05) is 60.7 Å². The van der Waals surface area contributed by atoms with Crippen LogP contribution in [0, 0.1) is 0 Å². The molecule has 0 fully saturated rings. The van der Waals surface area contributed by atoms with E-state index >= 15 is 0 Å². The third-order valence-electron chi connectivity index (χ3n) is 4.26. The van der Waals surface area contributed by atoms with Gasteiger partial charge in [-0.3, -0.25) is 0 Å². The van der Waals surface area contributed by atoms with Gasteiger partial charge in [0.15, 0.2) is 5.65 Å². The molecule has 2 aromatic carbocycles. The summed E-state index contributed by atoms with van der Waals surface area (Å²) in [7, 11) is 0. The van der Waals surface area contributed by atoms with Crippen LogP contribution in [0.4, 0.5) is 5.82 Å². The second-order valence-corrected chi connectivity index (χ2v) is 5.98. The molecule has 2 heterocycles. The van der Waals surface area contributed by atoms with E-state index in [1.165, 1.54) is 15.8 Å². The quantitative estimate of drug-likeness (QED) is 0.609. The first-order chi connectivity index (χ1) is 12.3. The van der Waals surface area contributed by atoms with Crippen LogP contribution in [-0.2, 0) is 0 Å². The number of benzene rings is 2. The van der Waals surface area contributed by atoms with Gasteiger partial charge in [-0.25, -0.2) is 0 Å². The van der Waals surface area contributed by atoms with E-state index in [1.54, 1.807) is 0 Å². The van der Waals surface area contributed by atoms with E-state index in [9.17, 15) is 0 Å². The second-order valence-electron chi connectivity index (χ2n) is 5.98. The summed E-state index contributed by atoms with van der Waals surface area (Å²) in [6.45, 7) is 2.16. The van der Waals surface area contributed by atoms with Gasteiger partial charge >= 0.3 is 0 Å². The largest absolute Gasteiger partial charge is 0.365 e. The maximum absolute atomic E-state index is 4.41. The standard InChI is InChI=1S/C19H18N6/c1-14(20-17-12-13-18-21-23-24-25(18)22-17)19(15-8-4-2-5-9-15)16-10-6-3-7-11-16/h2-14,19H,1H3,(H,20,22)/t14-/m1/s1. The van der Waals surface area contributed by atoms with Gasteiger partial charge < -0.3 is 5.32 Å². The van der Waals surface area contributed by atoms with E-state index in [1.807, 2.05) is 24.3 Å². The zero-order valence-electron chi connectivity index (χ0n) is 13.8. The Morgan fingerprint density at radius 1 is 0.840 bits per heavy atom. The Balaban J connectivity index is 1.66. The molecule has 0 aliphatic rings. The van der Waals surface area contributed by atoms with E-state index in [-0.39, 0.29) is 12.0 Å². The topological polar surface area (TPSA) is 68.0 Å². The normalized spacial score (nSPS) is 12.4. The molecule has 1 N–H and O–H groups in total. The van der Waals surface area contributed by atoms with Crippen molar-refractivity contribution < 1.29 is 0 Å². The second kappa shape index (κ2) is 6.68. The van der Waals surface area contributed by atoms with Gasteiger partial charge in [-0.2, -0.15) is 0 Å². The fourth-order valence-corrected chi connectivity index (χ4v) is 3.13. The van der Waals surface area contributed by atoms with Crippen LogP contribution in [0.15, 0.2) is 72.8 Å². The average Bonchev–Trinajstić information content (AvgIpc) is 3.11. The lowest BCUT2D eigenvalue weighted by Crippen LogP contribution is -2.26. The van der Waals surface area contributed by atoms with Crippen LogP contribution in [-0.4, -0.2) is 31.3 Å². The molecule has 0 radical (unpaired) electrons. The van der Waals surface area contributed by atoms with E-state index < -0.39 is 0 Å². The number of tetrazole rings is 1. The van der Waals surface area contributed by atoms with Gasteiger partial charge in [0, 0.05) is 12.0 Å². The molecule has 0 bridgehead atoms. The van der Waals surface area contributed by atoms with Crippen molar-refractivity contribution in [1.82, 2.24) is 25.3 Å². The first-order valence-electron chi connectivity index (χ1n) is 8.23. The number of anilines is 1. The predicted octanol–water partition coefficient (Wildman–Crippen LogP) is 3.15. The highest BCUT2D eigenvalue weighted by molar-refractivity contribution is 5.45. The van der Waals surface area contributed by atoms with Gasteiger partial charge in [-0.05, 0) is 40.6 Å². The van der Waals surface area contributed by atoms with Crippen molar-refractivity contribution in [3.63, 3.8) is 0 Å². The zero-order chi connectivity index (χ0) is 17.1. The van der Waals surface area contributed by atoms with Gasteiger partial charge in [0.2, 0.25) is 0 Å². The number of nitrogens with zero attached hydrogens (tertiary/aromatic N) is 5. The lowest BCUT2D eigenvalue weighted by atomic mass is 9.86. The van der Waals surface area contributed by atoms with Crippen molar-refractivity contribution in [2.24, 2.45) is 0 Å². The number of rotatable bonds is 5. The van der Waals surface area contributed by atoms with Gasteiger partial charge in [0.25, 0.3) is 0 Å². The summed E-state index contributed by atoms with van der Waals surface area (Å²) in [5, 5.41) is 19.3. The van der Waals surface area contributed by atoms with E-state index in [4.69, 9.17) is 0 Å². The maximum Gasteiger partial charge on any atom is 0.200 e. The number of hydrogen-bond acceptors (Lipinski definition) is 5. The summed E-state index contributed by atoms with van der Waals surface area (Å²) in [6.07, 6.45) is 0. The monoisotopic (exact) mass is 330 g/mol. The Bertz CT molecular complexity index is 912. The third-order valence-corrected chi connectivity index (χ3v) is 4.26. The zero-order valence-corrected chi connectivity index (χ0v) is 13.8. The number of nitrogens with one attached hydrogen (secondary N) is 1. The molecule has 0 saturated heterocycles. The first-order valence-corrected chi connectivity index (χ1v) is 8.23. The Morgan fingerprint density at radius 3 is 2.12 bits per heavy atom. The molecule has 0 amide bonds. The van der Waals surface area contributed by atoms with Crippen LogP contribution in [0.1, 0.15) is 24.0 Å². The molecule has 0 aliphatic carbocycles. The molecular formula is C19H18N6. The van der Waals surface area contributed by atoms with Crippen molar-refractivity contribution >= 4 is 11.5 Å². The molecule has 1 atom stereocenters. The van der Waals surface area contributed by atoms with Crippen molar-refractivity contribution in [3.05, 3.63) is 83.9 Å². The Kier molecular flexibility index (Phi) is 4.08. The third kappa shape index (κ3) is 3.19. The lowest BCUT2D eigenvalue weighted by molar-refractivity contribution is 0.670. The summed E-state index contributed by atoms with van der Waals surface area (Å²) in [5.41, 5.74) is 3.15. The Hall–Kier alpha value is -3.28. The fourth-order valence-electron chi connectivity index (χ4n) is 3.13. The van der Waals surface area contributed by atoms with Crippen molar-refractivity contribution in [1.29, 1.82) is 0 Å². The molecule has 4 rings (SSSR count). The number of hydrogen-bond donors (Lipinski definition) is 1. The summed E-state index contributed by atoms with van der Waals surface area (Å²) in [4.78, 5) is 0. The SMILES string of the molecule is C[C@@H](Nc1ccc2nnnn2n1)C(c1ccccc1)c1ccccc1. The minimum Gasteiger partial charge on any atom is -0.365 e. The molecule has 124 valence electrons. The highest BCUT2D eigenvalue weighted by atomic mass is 15.6. The first kappa shape index (κ1) is 15.3. The summed E-state index contributed by atoms with van der Waals surface area (Å²) in [5.74, 6) is 0.943. The minimum absolute atomic E-state index is 0.131. The highest BCUT2D eigenvalue weighted by Gasteiger charge is 2.21. The molecule has 0 unspecified atom stereocenters. The van der Waals surface area contributed by atoms with Crippen molar-refractivity contribution in [2.75, 3.05) is 5.32 Å². The van der Waals surface area contributed by atoms with Crippen LogP contribution < -0.4 is 5.32 Å². The molecule has 6 heteroatoms. The van der Waals surface area contributed by atoms with E-state index in [0.717, 1.165) is 5.82 Å². The molecule has 4 aromatic rings. The van der Waals surface area contributed by atoms with Crippen LogP contribution in [0.25, 0.3) is 5.65 Å². The predicted molar refractivity (Wildman–Crippen MR) is 96.4 cm³/mol. The van der Waals surface area contributed by atoms with E-state index in [2.05, 4.69) is 81.4 Å². The van der Waals surface area contributed by atoms with Crippen LogP contribution in [0.5, 0.6) is 0 Å². The van der Waals surface area contributed by atoms with Crippen LogP contribution in [0.2, 0.25) is 0 Å². The molecule has 0 aliphatic heterocycles. The average molecular weight is 330 g/mol. The summed E-state index contributed by atoms with van der Waals surface area (Å²) >= 11 is 0. The molecule has 25 heavy (non-hydrogen) atoms. The summed E-state index contributed by atoms with van der Waals surface area (Å²) in [6, 6.07) is 24.9. The lowest BCUT2D eigenvalue weighted by Gasteiger charge is -2.26. The molecule has 0 spiro atoms. The maximum atomic E-state index is 4.41. The molecule has 0 saturated carbocycles. The van der Waals surface area contributed by atoms with Crippen LogP contribution in [0.3, 0.4) is 0 Å². The fraction of sp³-hybridized carbons (Fsp3) is 0.158.